The lowest BCUT2D eigenvalue weighted by atomic mass is 9.33. The molecule has 6 aliphatic carbocycles. The first-order chi connectivity index (χ1) is 26.8. The number of nitrogens with one attached hydrogen (secondary N) is 2. The highest BCUT2D eigenvalue weighted by Gasteiger charge is 2.70. The summed E-state index contributed by atoms with van der Waals surface area (Å²) in [5, 5.41) is 18.0. The van der Waals surface area contributed by atoms with Crippen LogP contribution < -0.4 is 10.6 Å². The number of nitrogens with zero attached hydrogens (tertiary/aromatic N) is 1. The first-order valence-electron chi connectivity index (χ1n) is 22.0. The number of thiazole rings is 1. The number of carboxylic acids is 1. The number of amides is 2. The molecule has 10 nitrogen and oxygen atoms in total. The standard InChI is InChI=1S/C47H69N3O7S/c1-26(2)35-30(51)23-47(24-34(52)49-25-41(3,4)50-37(53)38-48-20-21-58-38)19-18-45(10)27(36(35)47)12-13-32-44(9)16-15-33(43(7,8)31(44)14-17-46(32,45)11)57-40(56)29-22-28(39(54)55)42(29,5)6/h20-21,26-29,31-33H,12-19,22-25H2,1-11H3,(H,49,52)(H,50,53)(H,54,55)/t27-,28+,29-,31+,32-,33+,44+,45-,46-,47+/m1/s1. The van der Waals surface area contributed by atoms with Crippen molar-refractivity contribution in [3.8, 4) is 0 Å². The van der Waals surface area contributed by atoms with Crippen LogP contribution in [0.15, 0.2) is 22.7 Å². The summed E-state index contributed by atoms with van der Waals surface area (Å²) in [4.78, 5) is 70.4. The number of carboxylic acid groups (broad SMARTS) is 1. The van der Waals surface area contributed by atoms with Gasteiger partial charge in [-0.1, -0.05) is 67.9 Å². The largest absolute Gasteiger partial charge is 0.481 e. The van der Waals surface area contributed by atoms with E-state index in [1.54, 1.807) is 11.6 Å². The Morgan fingerprint density at radius 1 is 0.914 bits per heavy atom. The Labute approximate surface area is 349 Å². The summed E-state index contributed by atoms with van der Waals surface area (Å²) in [6.45, 7) is 24.3. The molecule has 0 bridgehead atoms. The van der Waals surface area contributed by atoms with Crippen molar-refractivity contribution in [2.45, 2.75) is 158 Å². The highest BCUT2D eigenvalue weighted by Crippen LogP contribution is 2.77. The minimum atomic E-state index is -0.840. The van der Waals surface area contributed by atoms with Crippen LogP contribution in [0, 0.1) is 68.0 Å². The normalized spacial score (nSPS) is 38.7. The number of aromatic nitrogens is 1. The number of allylic oxidation sites excluding steroid dienone is 2. The van der Waals surface area contributed by atoms with E-state index < -0.39 is 34.2 Å². The topological polar surface area (TPSA) is 152 Å². The second kappa shape index (κ2) is 14.3. The van der Waals surface area contributed by atoms with E-state index in [2.05, 4.69) is 64.1 Å². The molecular weight excluding hydrogens is 751 g/mol. The number of carbonyl (C=O) groups excluding carboxylic acids is 4. The second-order valence-electron chi connectivity index (χ2n) is 22.4. The second-order valence-corrected chi connectivity index (χ2v) is 23.3. The summed E-state index contributed by atoms with van der Waals surface area (Å²) in [6.07, 6.45) is 10.1. The molecule has 6 aliphatic rings. The molecule has 320 valence electrons. The van der Waals surface area contributed by atoms with Crippen LogP contribution in [0.4, 0.5) is 0 Å². The molecule has 2 amide bonds. The molecule has 3 N–H and O–H groups in total. The summed E-state index contributed by atoms with van der Waals surface area (Å²) in [5.74, 6) is -0.990. The van der Waals surface area contributed by atoms with E-state index in [0.717, 1.165) is 56.9 Å². The fraction of sp³-hybridized carbons (Fsp3) is 0.787. The minimum Gasteiger partial charge on any atom is -0.481 e. The predicted molar refractivity (Wildman–Crippen MR) is 224 cm³/mol. The Morgan fingerprint density at radius 2 is 1.62 bits per heavy atom. The fourth-order valence-electron chi connectivity index (χ4n) is 14.5. The summed E-state index contributed by atoms with van der Waals surface area (Å²) in [6, 6.07) is 0. The van der Waals surface area contributed by atoms with Gasteiger partial charge in [-0.05, 0) is 123 Å². The quantitative estimate of drug-likeness (QED) is 0.198. The van der Waals surface area contributed by atoms with E-state index in [4.69, 9.17) is 4.74 Å². The van der Waals surface area contributed by atoms with Gasteiger partial charge in [-0.25, -0.2) is 4.98 Å². The molecule has 10 atom stereocenters. The van der Waals surface area contributed by atoms with Gasteiger partial charge in [0, 0.05) is 41.8 Å². The number of hydrogen-bond acceptors (Lipinski definition) is 8. The van der Waals surface area contributed by atoms with E-state index in [-0.39, 0.29) is 76.1 Å². The van der Waals surface area contributed by atoms with Crippen molar-refractivity contribution in [3.63, 3.8) is 0 Å². The van der Waals surface area contributed by atoms with E-state index in [9.17, 15) is 29.1 Å². The van der Waals surface area contributed by atoms with Gasteiger partial charge in [-0.15, -0.1) is 11.3 Å². The van der Waals surface area contributed by atoms with Crippen LogP contribution >= 0.6 is 11.3 Å². The molecule has 0 unspecified atom stereocenters. The Bertz CT molecular complexity index is 1900. The molecule has 1 aromatic rings. The lowest BCUT2D eigenvalue weighted by molar-refractivity contribution is -0.236. The van der Waals surface area contributed by atoms with Gasteiger partial charge in [0.25, 0.3) is 5.91 Å². The number of aliphatic carboxylic acids is 1. The van der Waals surface area contributed by atoms with Crippen LogP contribution in [0.5, 0.6) is 0 Å². The molecule has 0 radical (unpaired) electrons. The van der Waals surface area contributed by atoms with Crippen molar-refractivity contribution in [2.24, 2.45) is 68.0 Å². The number of carbonyl (C=O) groups is 5. The summed E-state index contributed by atoms with van der Waals surface area (Å²) >= 11 is 1.28. The zero-order valence-electron chi connectivity index (χ0n) is 36.9. The zero-order valence-corrected chi connectivity index (χ0v) is 37.8. The van der Waals surface area contributed by atoms with Gasteiger partial charge in [0.15, 0.2) is 10.8 Å². The van der Waals surface area contributed by atoms with Crippen LogP contribution in [0.1, 0.15) is 157 Å². The van der Waals surface area contributed by atoms with Gasteiger partial charge in [0.2, 0.25) is 5.91 Å². The van der Waals surface area contributed by atoms with Crippen molar-refractivity contribution in [1.29, 1.82) is 0 Å². The molecule has 5 fully saturated rings. The Morgan fingerprint density at radius 3 is 2.24 bits per heavy atom. The fourth-order valence-corrected chi connectivity index (χ4v) is 15.1. The monoisotopic (exact) mass is 819 g/mol. The van der Waals surface area contributed by atoms with E-state index >= 15 is 0 Å². The number of ketones is 1. The average molecular weight is 820 g/mol. The first kappa shape index (κ1) is 43.0. The van der Waals surface area contributed by atoms with E-state index in [1.807, 2.05) is 27.7 Å². The van der Waals surface area contributed by atoms with Crippen LogP contribution in [0.25, 0.3) is 0 Å². The van der Waals surface area contributed by atoms with Crippen molar-refractivity contribution in [3.05, 3.63) is 27.7 Å². The molecule has 7 rings (SSSR count). The van der Waals surface area contributed by atoms with Gasteiger partial charge < -0.3 is 20.5 Å². The average Bonchev–Trinajstić information content (AvgIpc) is 3.75. The molecule has 0 spiro atoms. The number of ether oxygens (including phenoxy) is 1. The molecule has 0 aromatic carbocycles. The number of esters is 1. The van der Waals surface area contributed by atoms with Crippen LogP contribution in [-0.4, -0.2) is 57.8 Å². The SMILES string of the molecule is CC(C)C1=C2[C@H]3CC[C@@H]4[C@@]5(C)CC[C@H](OC(=O)[C@H]6C[C@@H](C(=O)O)C6(C)C)C(C)(C)[C@@H]5CC[C@@]4(C)[C@]3(C)CC[C@@]2(CC(=O)NCC(C)(C)NC(=O)c2nccs2)CC1=O. The van der Waals surface area contributed by atoms with Crippen molar-refractivity contribution < 1.29 is 33.8 Å². The third kappa shape index (κ3) is 6.52. The van der Waals surface area contributed by atoms with Gasteiger partial charge in [-0.2, -0.15) is 0 Å². The van der Waals surface area contributed by atoms with Gasteiger partial charge >= 0.3 is 11.9 Å². The van der Waals surface area contributed by atoms with Gasteiger partial charge in [-0.3, -0.25) is 24.0 Å². The smallest absolute Gasteiger partial charge is 0.309 e. The lowest BCUT2D eigenvalue weighted by Crippen LogP contribution is -2.66. The van der Waals surface area contributed by atoms with E-state index in [0.29, 0.717) is 29.7 Å². The molecule has 11 heteroatoms. The summed E-state index contributed by atoms with van der Waals surface area (Å²) < 4.78 is 6.41. The maximum atomic E-state index is 14.1. The number of Topliss-reactive ketones (excluding diaryl/α,β-unsaturated/α-hetero) is 1. The molecule has 5 saturated carbocycles. The third-order valence-corrected chi connectivity index (χ3v) is 18.7. The number of fused-ring (bicyclic) bond motifs is 7. The van der Waals surface area contributed by atoms with Crippen molar-refractivity contribution in [1.82, 2.24) is 15.6 Å². The summed E-state index contributed by atoms with van der Waals surface area (Å²) in [7, 11) is 0. The molecular formula is C47H69N3O7S. The Hall–Kier alpha value is -3.08. The molecule has 0 aliphatic heterocycles. The molecule has 1 aromatic heterocycles. The first-order valence-corrected chi connectivity index (χ1v) is 22.9. The third-order valence-electron chi connectivity index (χ3n) is 17.9. The molecule has 0 saturated heterocycles. The zero-order chi connectivity index (χ0) is 42.6. The van der Waals surface area contributed by atoms with Crippen LogP contribution in [-0.2, 0) is 23.9 Å². The number of rotatable bonds is 10. The minimum absolute atomic E-state index is 0.0252. The Balaban J connectivity index is 1.09. The van der Waals surface area contributed by atoms with Crippen LogP contribution in [0.2, 0.25) is 0 Å². The maximum absolute atomic E-state index is 14.1. The van der Waals surface area contributed by atoms with Crippen molar-refractivity contribution >= 4 is 40.9 Å². The molecule has 58 heavy (non-hydrogen) atoms. The highest BCUT2D eigenvalue weighted by molar-refractivity contribution is 7.11. The predicted octanol–water partition coefficient (Wildman–Crippen LogP) is 8.80. The van der Waals surface area contributed by atoms with Gasteiger partial charge in [0.1, 0.15) is 6.10 Å². The maximum Gasteiger partial charge on any atom is 0.309 e. The summed E-state index contributed by atoms with van der Waals surface area (Å²) in [5.41, 5.74) is 0.236. The number of hydrogen-bond donors (Lipinski definition) is 3. The van der Waals surface area contributed by atoms with E-state index in [1.165, 1.54) is 16.9 Å². The Kier molecular flexibility index (Phi) is 10.6. The lowest BCUT2D eigenvalue weighted by Gasteiger charge is -2.72. The highest BCUT2D eigenvalue weighted by atomic mass is 32.1. The molecule has 1 heterocycles. The van der Waals surface area contributed by atoms with Gasteiger partial charge in [0.05, 0.1) is 17.4 Å². The van der Waals surface area contributed by atoms with Crippen LogP contribution in [0.3, 0.4) is 0 Å². The van der Waals surface area contributed by atoms with Crippen molar-refractivity contribution in [2.75, 3.05) is 6.54 Å².